The van der Waals surface area contributed by atoms with Crippen LogP contribution in [0.5, 0.6) is 5.75 Å². The quantitative estimate of drug-likeness (QED) is 0.302. The van der Waals surface area contributed by atoms with Gasteiger partial charge in [-0.05, 0) is 61.4 Å². The monoisotopic (exact) mass is 402 g/mol. The number of carbonyl (C=O) groups is 2. The lowest BCUT2D eigenvalue weighted by molar-refractivity contribution is 0.0706. The molecule has 8 heteroatoms. The molecule has 0 bridgehead atoms. The minimum atomic E-state index is -0.574. The van der Waals surface area contributed by atoms with Crippen molar-refractivity contribution in [3.63, 3.8) is 0 Å². The summed E-state index contributed by atoms with van der Waals surface area (Å²) in [6.07, 6.45) is 1.48. The van der Waals surface area contributed by atoms with Crippen molar-refractivity contribution < 1.29 is 24.0 Å². The fourth-order valence-corrected chi connectivity index (χ4v) is 2.78. The Balaban J connectivity index is 1.37. The Labute approximate surface area is 166 Å². The van der Waals surface area contributed by atoms with Crippen LogP contribution in [0.3, 0.4) is 0 Å². The maximum atomic E-state index is 12.1. The van der Waals surface area contributed by atoms with Crippen LogP contribution in [-0.4, -0.2) is 30.2 Å². The highest BCUT2D eigenvalue weighted by molar-refractivity contribution is 6.31. The van der Waals surface area contributed by atoms with E-state index in [1.807, 2.05) is 0 Å². The number of hydrogen-bond acceptors (Lipinski definition) is 5. The van der Waals surface area contributed by atoms with Crippen LogP contribution in [0.15, 0.2) is 52.9 Å². The minimum absolute atomic E-state index is 0.250. The van der Waals surface area contributed by atoms with Crippen molar-refractivity contribution in [3.05, 3.63) is 64.9 Å². The molecule has 0 radical (unpaired) electrons. The van der Waals surface area contributed by atoms with Gasteiger partial charge in [0, 0.05) is 22.5 Å². The van der Waals surface area contributed by atoms with Gasteiger partial charge < -0.3 is 14.5 Å². The Bertz CT molecular complexity index is 968. The van der Waals surface area contributed by atoms with Gasteiger partial charge in [0.15, 0.2) is 5.76 Å². The number of nitrogens with one attached hydrogen (secondary N) is 2. The molecular formula is C20H19ClN2O5. The number of amides is 2. The van der Waals surface area contributed by atoms with Gasteiger partial charge in [0.05, 0.1) is 6.61 Å². The molecule has 0 unspecified atom stereocenters. The number of ether oxygens (including phenoxy) is 1. The van der Waals surface area contributed by atoms with Crippen LogP contribution in [0.2, 0.25) is 5.02 Å². The van der Waals surface area contributed by atoms with E-state index in [0.29, 0.717) is 35.1 Å². The second kappa shape index (κ2) is 9.25. The first-order valence-electron chi connectivity index (χ1n) is 8.71. The maximum Gasteiger partial charge on any atom is 0.287 e. The first-order chi connectivity index (χ1) is 13.6. The van der Waals surface area contributed by atoms with Gasteiger partial charge >= 0.3 is 0 Å². The number of hydroxylamine groups is 1. The highest BCUT2D eigenvalue weighted by atomic mass is 35.5. The lowest BCUT2D eigenvalue weighted by atomic mass is 10.2. The third kappa shape index (κ3) is 5.03. The van der Waals surface area contributed by atoms with Gasteiger partial charge in [0.2, 0.25) is 0 Å². The van der Waals surface area contributed by atoms with Crippen molar-refractivity contribution in [2.45, 2.75) is 12.8 Å². The van der Waals surface area contributed by atoms with Crippen LogP contribution >= 0.6 is 11.6 Å². The molecule has 3 N–H and O–H groups in total. The molecule has 0 atom stereocenters. The van der Waals surface area contributed by atoms with E-state index in [0.717, 1.165) is 18.2 Å². The second-order valence-corrected chi connectivity index (χ2v) is 6.51. The summed E-state index contributed by atoms with van der Waals surface area (Å²) in [6.45, 7) is 0.972. The van der Waals surface area contributed by atoms with E-state index < -0.39 is 5.91 Å². The van der Waals surface area contributed by atoms with Gasteiger partial charge in [0.1, 0.15) is 11.3 Å². The number of halogens is 1. The number of fused-ring (bicyclic) bond motifs is 1. The highest BCUT2D eigenvalue weighted by Crippen LogP contribution is 2.23. The number of hydrogen-bond donors (Lipinski definition) is 3. The van der Waals surface area contributed by atoms with E-state index in [2.05, 4.69) is 5.32 Å². The van der Waals surface area contributed by atoms with Gasteiger partial charge in [-0.25, -0.2) is 5.48 Å². The lowest BCUT2D eigenvalue weighted by Gasteiger charge is -2.07. The van der Waals surface area contributed by atoms with Crippen molar-refractivity contribution in [1.82, 2.24) is 10.8 Å². The van der Waals surface area contributed by atoms with E-state index >= 15 is 0 Å². The summed E-state index contributed by atoms with van der Waals surface area (Å²) < 4.78 is 11.1. The summed E-state index contributed by atoms with van der Waals surface area (Å²) in [5.41, 5.74) is 2.53. The fourth-order valence-electron chi connectivity index (χ4n) is 2.60. The molecule has 0 saturated heterocycles. The Kier molecular flexibility index (Phi) is 6.52. The van der Waals surface area contributed by atoms with Crippen LogP contribution in [0.1, 0.15) is 33.8 Å². The number of unbranched alkanes of at least 4 members (excludes halogenated alkanes) is 1. The van der Waals surface area contributed by atoms with Crippen molar-refractivity contribution in [2.24, 2.45) is 0 Å². The number of carbonyl (C=O) groups excluding carboxylic acids is 2. The molecule has 7 nitrogen and oxygen atoms in total. The molecule has 0 fully saturated rings. The molecule has 28 heavy (non-hydrogen) atoms. The summed E-state index contributed by atoms with van der Waals surface area (Å²) in [7, 11) is 0. The molecule has 2 amide bonds. The number of benzene rings is 2. The maximum absolute atomic E-state index is 12.1. The van der Waals surface area contributed by atoms with Gasteiger partial charge in [-0.2, -0.15) is 0 Å². The molecule has 3 aromatic rings. The Morgan fingerprint density at radius 2 is 1.82 bits per heavy atom. The van der Waals surface area contributed by atoms with Crippen molar-refractivity contribution in [3.8, 4) is 5.75 Å². The van der Waals surface area contributed by atoms with Crippen LogP contribution in [0.25, 0.3) is 11.0 Å². The van der Waals surface area contributed by atoms with Crippen molar-refractivity contribution >= 4 is 34.4 Å². The molecule has 0 aliphatic carbocycles. The second-order valence-electron chi connectivity index (χ2n) is 6.07. The third-order valence-electron chi connectivity index (χ3n) is 4.05. The van der Waals surface area contributed by atoms with Crippen LogP contribution in [-0.2, 0) is 0 Å². The molecule has 0 aliphatic rings. The summed E-state index contributed by atoms with van der Waals surface area (Å²) in [6, 6.07) is 13.3. The predicted molar refractivity (Wildman–Crippen MR) is 104 cm³/mol. The molecule has 0 spiro atoms. The zero-order valence-electron chi connectivity index (χ0n) is 14.9. The average molecular weight is 403 g/mol. The molecular weight excluding hydrogens is 384 g/mol. The lowest BCUT2D eigenvalue weighted by Crippen LogP contribution is -2.24. The Morgan fingerprint density at radius 1 is 1.04 bits per heavy atom. The zero-order chi connectivity index (χ0) is 19.9. The fraction of sp³-hybridized carbons (Fsp3) is 0.200. The van der Waals surface area contributed by atoms with E-state index in [9.17, 15) is 9.59 Å². The SMILES string of the molecule is O=C(NO)c1ccc(OCCCCNC(=O)c2cc3cc(Cl)ccc3o2)cc1. The van der Waals surface area contributed by atoms with Gasteiger partial charge in [0.25, 0.3) is 11.8 Å². The molecule has 2 aromatic carbocycles. The first kappa shape index (κ1) is 19.7. The molecule has 3 rings (SSSR count). The van der Waals surface area contributed by atoms with Crippen LogP contribution in [0.4, 0.5) is 0 Å². The minimum Gasteiger partial charge on any atom is -0.494 e. The highest BCUT2D eigenvalue weighted by Gasteiger charge is 2.12. The van der Waals surface area contributed by atoms with E-state index in [-0.39, 0.29) is 11.7 Å². The summed E-state index contributed by atoms with van der Waals surface area (Å²) in [4.78, 5) is 23.4. The van der Waals surface area contributed by atoms with Crippen molar-refractivity contribution in [1.29, 1.82) is 0 Å². The van der Waals surface area contributed by atoms with E-state index in [1.165, 1.54) is 0 Å². The van der Waals surface area contributed by atoms with Gasteiger partial charge in [-0.1, -0.05) is 11.6 Å². The van der Waals surface area contributed by atoms with E-state index in [4.69, 9.17) is 26.0 Å². The van der Waals surface area contributed by atoms with Crippen molar-refractivity contribution in [2.75, 3.05) is 13.2 Å². The Hall–Kier alpha value is -3.03. The predicted octanol–water partition coefficient (Wildman–Crippen LogP) is 3.79. The zero-order valence-corrected chi connectivity index (χ0v) is 15.7. The molecule has 146 valence electrons. The largest absolute Gasteiger partial charge is 0.494 e. The number of furan rings is 1. The van der Waals surface area contributed by atoms with E-state index in [1.54, 1.807) is 54.0 Å². The molecule has 1 heterocycles. The van der Waals surface area contributed by atoms with Gasteiger partial charge in [-0.3, -0.25) is 14.8 Å². The molecule has 0 aliphatic heterocycles. The number of rotatable bonds is 8. The average Bonchev–Trinajstić information content (AvgIpc) is 3.13. The molecule has 1 aromatic heterocycles. The summed E-state index contributed by atoms with van der Waals surface area (Å²) >= 11 is 5.93. The Morgan fingerprint density at radius 3 is 2.57 bits per heavy atom. The summed E-state index contributed by atoms with van der Waals surface area (Å²) in [5.74, 6) is 0.0285. The molecule has 0 saturated carbocycles. The summed E-state index contributed by atoms with van der Waals surface area (Å²) in [5, 5.41) is 12.8. The smallest absolute Gasteiger partial charge is 0.287 e. The first-order valence-corrected chi connectivity index (χ1v) is 9.09. The van der Waals surface area contributed by atoms with Crippen LogP contribution < -0.4 is 15.5 Å². The van der Waals surface area contributed by atoms with Gasteiger partial charge in [-0.15, -0.1) is 0 Å². The topological polar surface area (TPSA) is 101 Å². The third-order valence-corrected chi connectivity index (χ3v) is 4.28. The normalized spacial score (nSPS) is 10.6. The standard InChI is InChI=1S/C20H19ClN2O5/c21-15-5-8-17-14(11-15)12-18(28-17)20(25)22-9-1-2-10-27-16-6-3-13(4-7-16)19(24)23-26/h3-8,11-12,26H,1-2,9-10H2,(H,22,25)(H,23,24). The van der Waals surface area contributed by atoms with Crippen LogP contribution in [0, 0.1) is 0 Å².